The normalized spacial score (nSPS) is 13.2. The van der Waals surface area contributed by atoms with Crippen LogP contribution in [0.5, 0.6) is 0 Å². The van der Waals surface area contributed by atoms with E-state index in [1.165, 1.54) is 0 Å². The minimum atomic E-state index is -1.42. The highest BCUT2D eigenvalue weighted by atomic mass is 28.3. The molecule has 26 heavy (non-hydrogen) atoms. The molecule has 0 aromatic heterocycles. The van der Waals surface area contributed by atoms with Crippen molar-refractivity contribution in [1.29, 1.82) is 0 Å². The number of anilines is 1. The lowest BCUT2D eigenvalue weighted by Gasteiger charge is -2.22. The van der Waals surface area contributed by atoms with Crippen molar-refractivity contribution in [2.24, 2.45) is 5.92 Å². The molecular weight excluding hydrogens is 352 g/mol. The summed E-state index contributed by atoms with van der Waals surface area (Å²) in [5.74, 6) is -1.93. The maximum atomic E-state index is 12.4. The van der Waals surface area contributed by atoms with Crippen molar-refractivity contribution >= 4 is 26.8 Å². The van der Waals surface area contributed by atoms with Gasteiger partial charge >= 0.3 is 15.3 Å². The SMILES string of the molecule is CCO[Si](OCC)C(C)CCC(CC(=O)O)C(=O)NNc1ccccc1. The van der Waals surface area contributed by atoms with Gasteiger partial charge in [-0.05, 0) is 38.8 Å². The topological polar surface area (TPSA) is 96.9 Å². The lowest BCUT2D eigenvalue weighted by Crippen LogP contribution is -2.36. The maximum Gasteiger partial charge on any atom is 0.387 e. The van der Waals surface area contributed by atoms with E-state index in [1.54, 1.807) is 0 Å². The van der Waals surface area contributed by atoms with Crippen LogP contribution in [0, 0.1) is 5.92 Å². The molecule has 2 atom stereocenters. The minimum Gasteiger partial charge on any atom is -0.481 e. The standard InChI is InChI=1S/C18H29N2O5Si/c1-4-24-26(25-5-2)14(3)11-12-15(13-17(21)22)18(23)20-19-16-9-7-6-8-10-16/h6-10,14-15,19H,4-5,11-13H2,1-3H3,(H,20,23)(H,21,22). The molecule has 0 heterocycles. The van der Waals surface area contributed by atoms with Crippen LogP contribution in [-0.4, -0.2) is 39.5 Å². The number of benzene rings is 1. The van der Waals surface area contributed by atoms with E-state index >= 15 is 0 Å². The largest absolute Gasteiger partial charge is 0.481 e. The number of amides is 1. The summed E-state index contributed by atoms with van der Waals surface area (Å²) < 4.78 is 11.3. The molecular formula is C18H29N2O5Si. The third kappa shape index (κ3) is 8.46. The van der Waals surface area contributed by atoms with Gasteiger partial charge in [0, 0.05) is 18.8 Å². The van der Waals surface area contributed by atoms with Gasteiger partial charge in [-0.1, -0.05) is 25.1 Å². The summed E-state index contributed by atoms with van der Waals surface area (Å²) in [7, 11) is -1.42. The first-order valence-electron chi connectivity index (χ1n) is 8.93. The zero-order chi connectivity index (χ0) is 19.4. The molecule has 0 saturated heterocycles. The molecule has 1 aromatic carbocycles. The first-order valence-corrected chi connectivity index (χ1v) is 10.3. The second-order valence-corrected chi connectivity index (χ2v) is 8.14. The molecule has 0 bridgehead atoms. The molecule has 1 aromatic rings. The highest BCUT2D eigenvalue weighted by molar-refractivity contribution is 6.46. The summed E-state index contributed by atoms with van der Waals surface area (Å²) in [6, 6.07) is 9.18. The van der Waals surface area contributed by atoms with E-state index in [0.29, 0.717) is 26.1 Å². The number of hydrazine groups is 1. The molecule has 1 radical (unpaired) electrons. The van der Waals surface area contributed by atoms with Gasteiger partial charge in [0.1, 0.15) is 0 Å². The Bertz CT molecular complexity index is 538. The molecule has 0 spiro atoms. The summed E-state index contributed by atoms with van der Waals surface area (Å²) in [5, 5.41) is 9.12. The first kappa shape index (κ1) is 22.1. The second-order valence-electron chi connectivity index (χ2n) is 5.94. The minimum absolute atomic E-state index is 0.158. The molecule has 0 aliphatic heterocycles. The molecule has 145 valence electrons. The van der Waals surface area contributed by atoms with Crippen LogP contribution in [0.1, 0.15) is 40.0 Å². The molecule has 3 N–H and O–H groups in total. The van der Waals surface area contributed by atoms with Crippen molar-refractivity contribution in [1.82, 2.24) is 5.43 Å². The van der Waals surface area contributed by atoms with E-state index in [-0.39, 0.29) is 17.9 Å². The molecule has 7 nitrogen and oxygen atoms in total. The number of nitrogens with one attached hydrogen (secondary N) is 2. The number of aliphatic carboxylic acids is 1. The van der Waals surface area contributed by atoms with Gasteiger partial charge < -0.3 is 14.0 Å². The number of carboxylic acid groups (broad SMARTS) is 1. The summed E-state index contributed by atoms with van der Waals surface area (Å²) in [6.07, 6.45) is 0.926. The van der Waals surface area contributed by atoms with E-state index in [9.17, 15) is 9.59 Å². The lowest BCUT2D eigenvalue weighted by atomic mass is 9.98. The van der Waals surface area contributed by atoms with Gasteiger partial charge in [-0.2, -0.15) is 0 Å². The third-order valence-corrected chi connectivity index (χ3v) is 6.06. The number of hydrogen-bond donors (Lipinski definition) is 3. The van der Waals surface area contributed by atoms with E-state index < -0.39 is 21.2 Å². The third-order valence-electron chi connectivity index (χ3n) is 3.82. The Labute approximate surface area is 156 Å². The number of carboxylic acids is 1. The molecule has 1 rings (SSSR count). The zero-order valence-corrected chi connectivity index (χ0v) is 16.7. The highest BCUT2D eigenvalue weighted by Gasteiger charge is 2.27. The average molecular weight is 382 g/mol. The molecule has 0 aliphatic rings. The van der Waals surface area contributed by atoms with Gasteiger partial charge in [0.05, 0.1) is 18.0 Å². The Kier molecular flexibility index (Phi) is 10.6. The monoisotopic (exact) mass is 381 g/mol. The smallest absolute Gasteiger partial charge is 0.387 e. The summed E-state index contributed by atoms with van der Waals surface area (Å²) in [6.45, 7) is 7.04. The summed E-state index contributed by atoms with van der Waals surface area (Å²) in [5.41, 5.74) is 6.31. The average Bonchev–Trinajstić information content (AvgIpc) is 2.63. The van der Waals surface area contributed by atoms with Crippen LogP contribution in [0.25, 0.3) is 0 Å². The van der Waals surface area contributed by atoms with Gasteiger partial charge in [-0.15, -0.1) is 0 Å². The Hall–Kier alpha value is -1.90. The van der Waals surface area contributed by atoms with Gasteiger partial charge in [-0.25, -0.2) is 0 Å². The van der Waals surface area contributed by atoms with Gasteiger partial charge in [0.2, 0.25) is 5.91 Å². The van der Waals surface area contributed by atoms with E-state index in [2.05, 4.69) is 10.9 Å². The molecule has 0 aliphatic carbocycles. The van der Waals surface area contributed by atoms with Crippen LogP contribution in [-0.2, 0) is 18.4 Å². The van der Waals surface area contributed by atoms with Gasteiger partial charge in [0.15, 0.2) is 0 Å². The van der Waals surface area contributed by atoms with Gasteiger partial charge in [-0.3, -0.25) is 20.4 Å². The van der Waals surface area contributed by atoms with Crippen molar-refractivity contribution in [3.8, 4) is 0 Å². The Morgan fingerprint density at radius 2 is 1.73 bits per heavy atom. The predicted molar refractivity (Wildman–Crippen MR) is 102 cm³/mol. The molecule has 0 fully saturated rings. The van der Waals surface area contributed by atoms with Crippen molar-refractivity contribution in [3.05, 3.63) is 30.3 Å². The lowest BCUT2D eigenvalue weighted by molar-refractivity contribution is -0.141. The molecule has 2 unspecified atom stereocenters. The Morgan fingerprint density at radius 3 is 2.27 bits per heavy atom. The van der Waals surface area contributed by atoms with E-state index in [1.807, 2.05) is 51.1 Å². The van der Waals surface area contributed by atoms with Crippen molar-refractivity contribution in [2.75, 3.05) is 18.6 Å². The number of carbonyl (C=O) groups excluding carboxylic acids is 1. The fraction of sp³-hybridized carbons (Fsp3) is 0.556. The van der Waals surface area contributed by atoms with Crippen LogP contribution in [0.4, 0.5) is 5.69 Å². The first-order chi connectivity index (χ1) is 12.5. The fourth-order valence-electron chi connectivity index (χ4n) is 2.47. The van der Waals surface area contributed by atoms with Crippen LogP contribution < -0.4 is 10.9 Å². The number of hydrogen-bond acceptors (Lipinski definition) is 5. The summed E-state index contributed by atoms with van der Waals surface area (Å²) >= 11 is 0. The Balaban J connectivity index is 2.58. The predicted octanol–water partition coefficient (Wildman–Crippen LogP) is 2.95. The molecule has 0 saturated carbocycles. The van der Waals surface area contributed by atoms with Gasteiger partial charge in [0.25, 0.3) is 0 Å². The van der Waals surface area contributed by atoms with Crippen LogP contribution in [0.2, 0.25) is 5.54 Å². The molecule has 1 amide bonds. The number of carbonyl (C=O) groups is 2. The van der Waals surface area contributed by atoms with Crippen molar-refractivity contribution in [3.63, 3.8) is 0 Å². The Morgan fingerprint density at radius 1 is 1.12 bits per heavy atom. The second kappa shape index (κ2) is 12.5. The van der Waals surface area contributed by atoms with Crippen LogP contribution in [0.15, 0.2) is 30.3 Å². The zero-order valence-electron chi connectivity index (χ0n) is 15.7. The number of para-hydroxylation sites is 1. The summed E-state index contributed by atoms with van der Waals surface area (Å²) in [4.78, 5) is 23.5. The van der Waals surface area contributed by atoms with E-state index in [4.69, 9.17) is 14.0 Å². The quantitative estimate of drug-likeness (QED) is 0.359. The van der Waals surface area contributed by atoms with Crippen molar-refractivity contribution < 1.29 is 23.5 Å². The maximum absolute atomic E-state index is 12.4. The number of rotatable bonds is 13. The van der Waals surface area contributed by atoms with Crippen molar-refractivity contribution in [2.45, 2.75) is 45.6 Å². The fourth-order valence-corrected chi connectivity index (χ4v) is 4.10. The highest BCUT2D eigenvalue weighted by Crippen LogP contribution is 2.23. The van der Waals surface area contributed by atoms with Crippen LogP contribution >= 0.6 is 0 Å². The molecule has 8 heteroatoms. The van der Waals surface area contributed by atoms with E-state index in [0.717, 1.165) is 5.69 Å². The van der Waals surface area contributed by atoms with Crippen LogP contribution in [0.3, 0.4) is 0 Å².